The van der Waals surface area contributed by atoms with Crippen molar-refractivity contribution in [2.75, 3.05) is 0 Å². The molecule has 33 heavy (non-hydrogen) atoms. The number of nitrogens with zero attached hydrogens (tertiary/aromatic N) is 3. The first kappa shape index (κ1) is 23.6. The van der Waals surface area contributed by atoms with E-state index in [9.17, 15) is 8.42 Å². The van der Waals surface area contributed by atoms with Crippen LogP contribution in [-0.4, -0.2) is 23.0 Å². The van der Waals surface area contributed by atoms with Crippen LogP contribution in [0.2, 0.25) is 0 Å². The Morgan fingerprint density at radius 1 is 1.06 bits per heavy atom. The number of unbranched alkanes of at least 4 members (excludes halogenated alkanes) is 1. The maximum absolute atomic E-state index is 12.2. The van der Waals surface area contributed by atoms with Crippen LogP contribution < -0.4 is 5.14 Å². The van der Waals surface area contributed by atoms with Crippen molar-refractivity contribution < 1.29 is 8.42 Å². The molecule has 174 valence electrons. The summed E-state index contributed by atoms with van der Waals surface area (Å²) in [5.41, 5.74) is 6.62. The van der Waals surface area contributed by atoms with Crippen molar-refractivity contribution in [3.63, 3.8) is 0 Å². The van der Waals surface area contributed by atoms with Gasteiger partial charge in [-0.25, -0.2) is 23.5 Å². The molecule has 4 rings (SSSR count). The Morgan fingerprint density at radius 3 is 2.42 bits per heavy atom. The van der Waals surface area contributed by atoms with Crippen molar-refractivity contribution in [1.29, 1.82) is 0 Å². The Labute approximate surface area is 199 Å². The van der Waals surface area contributed by atoms with Gasteiger partial charge in [-0.1, -0.05) is 44.5 Å². The van der Waals surface area contributed by atoms with Gasteiger partial charge in [0.25, 0.3) is 0 Å². The molecule has 6 nitrogen and oxygen atoms in total. The number of thiophene rings is 1. The van der Waals surface area contributed by atoms with E-state index in [1.165, 1.54) is 11.3 Å². The Kier molecular flexibility index (Phi) is 6.70. The number of sulfonamides is 1. The first-order valence-corrected chi connectivity index (χ1v) is 13.7. The van der Waals surface area contributed by atoms with Gasteiger partial charge in [0.15, 0.2) is 5.65 Å². The predicted molar refractivity (Wildman–Crippen MR) is 135 cm³/mol. The lowest BCUT2D eigenvalue weighted by Crippen LogP contribution is -2.11. The van der Waals surface area contributed by atoms with Crippen LogP contribution in [0.1, 0.15) is 54.2 Å². The van der Waals surface area contributed by atoms with Gasteiger partial charge in [-0.3, -0.25) is 0 Å². The average Bonchev–Trinajstić information content (AvgIpc) is 3.35. The second kappa shape index (κ2) is 9.37. The number of imidazole rings is 1. The van der Waals surface area contributed by atoms with Crippen LogP contribution in [0.5, 0.6) is 0 Å². The van der Waals surface area contributed by atoms with E-state index in [-0.39, 0.29) is 4.21 Å². The molecule has 0 spiro atoms. The number of hydrogen-bond acceptors (Lipinski definition) is 5. The van der Waals surface area contributed by atoms with E-state index < -0.39 is 10.0 Å². The average molecular weight is 483 g/mol. The summed E-state index contributed by atoms with van der Waals surface area (Å²) in [6, 6.07) is 12.1. The summed E-state index contributed by atoms with van der Waals surface area (Å²) in [7, 11) is -3.78. The van der Waals surface area contributed by atoms with Crippen LogP contribution in [0.4, 0.5) is 0 Å². The zero-order valence-electron chi connectivity index (χ0n) is 19.6. The number of aryl methyl sites for hydroxylation is 4. The quantitative estimate of drug-likeness (QED) is 0.365. The van der Waals surface area contributed by atoms with Crippen molar-refractivity contribution in [2.45, 2.75) is 64.1 Å². The highest BCUT2D eigenvalue weighted by atomic mass is 32.2. The van der Waals surface area contributed by atoms with E-state index >= 15 is 0 Å². The minimum absolute atomic E-state index is 0.241. The Balaban J connectivity index is 1.69. The van der Waals surface area contributed by atoms with Gasteiger partial charge in [0.05, 0.1) is 6.54 Å². The van der Waals surface area contributed by atoms with Crippen LogP contribution in [0.3, 0.4) is 0 Å². The van der Waals surface area contributed by atoms with Crippen LogP contribution in [0.25, 0.3) is 22.3 Å². The van der Waals surface area contributed by atoms with E-state index in [1.54, 1.807) is 0 Å². The molecular weight excluding hydrogens is 452 g/mol. The molecule has 0 atom stereocenters. The normalized spacial score (nSPS) is 12.0. The lowest BCUT2D eigenvalue weighted by atomic mass is 10.1. The minimum atomic E-state index is -3.78. The van der Waals surface area contributed by atoms with Crippen LogP contribution in [-0.2, 0) is 29.4 Å². The van der Waals surface area contributed by atoms with Gasteiger partial charge in [0.2, 0.25) is 10.0 Å². The fourth-order valence-electron chi connectivity index (χ4n) is 4.17. The Bertz CT molecular complexity index is 1400. The Morgan fingerprint density at radius 2 is 1.79 bits per heavy atom. The number of nitrogens with two attached hydrogens (primary N) is 1. The molecule has 0 saturated carbocycles. The molecule has 0 fully saturated rings. The van der Waals surface area contributed by atoms with Crippen molar-refractivity contribution in [2.24, 2.45) is 5.14 Å². The summed E-state index contributed by atoms with van der Waals surface area (Å²) in [5, 5.41) is 5.53. The highest BCUT2D eigenvalue weighted by Gasteiger charge is 2.20. The molecule has 0 aliphatic carbocycles. The SMILES string of the molecule is CCCCc1cc(-c2ccc(Cn3c(CC)nc4c(C)cc(C)nc43)cc2)c(S(N)(=O)=O)s1. The largest absolute Gasteiger partial charge is 0.308 e. The Hall–Kier alpha value is -2.55. The topological polar surface area (TPSA) is 90.9 Å². The third-order valence-electron chi connectivity index (χ3n) is 5.81. The van der Waals surface area contributed by atoms with Gasteiger partial charge in [-0.2, -0.15) is 0 Å². The third kappa shape index (κ3) is 4.88. The first-order valence-electron chi connectivity index (χ1n) is 11.3. The number of primary sulfonamides is 1. The second-order valence-electron chi connectivity index (χ2n) is 8.48. The van der Waals surface area contributed by atoms with Crippen molar-refractivity contribution in [3.05, 3.63) is 63.9 Å². The third-order valence-corrected chi connectivity index (χ3v) is 8.48. The molecular formula is C25H30N4O2S2. The summed E-state index contributed by atoms with van der Waals surface area (Å²) in [6.45, 7) is 8.96. The molecule has 0 amide bonds. The van der Waals surface area contributed by atoms with E-state index in [4.69, 9.17) is 15.1 Å². The molecule has 0 unspecified atom stereocenters. The molecule has 0 aliphatic heterocycles. The summed E-state index contributed by atoms with van der Waals surface area (Å²) in [4.78, 5) is 10.6. The van der Waals surface area contributed by atoms with E-state index in [0.717, 1.165) is 69.9 Å². The van der Waals surface area contributed by atoms with Gasteiger partial charge in [-0.05, 0) is 55.5 Å². The predicted octanol–water partition coefficient (Wildman–Crippen LogP) is 5.38. The number of fused-ring (bicyclic) bond motifs is 1. The number of hydrogen-bond donors (Lipinski definition) is 1. The summed E-state index contributed by atoms with van der Waals surface area (Å²) in [5.74, 6) is 1.00. The van der Waals surface area contributed by atoms with Crippen LogP contribution in [0, 0.1) is 13.8 Å². The highest BCUT2D eigenvalue weighted by molar-refractivity contribution is 7.91. The summed E-state index contributed by atoms with van der Waals surface area (Å²) >= 11 is 1.28. The van der Waals surface area contributed by atoms with Gasteiger partial charge in [-0.15, -0.1) is 11.3 Å². The molecule has 8 heteroatoms. The van der Waals surface area contributed by atoms with Crippen molar-refractivity contribution in [1.82, 2.24) is 14.5 Å². The van der Waals surface area contributed by atoms with Crippen molar-refractivity contribution in [3.8, 4) is 11.1 Å². The molecule has 0 bridgehead atoms. The molecule has 0 radical (unpaired) electrons. The molecule has 0 aliphatic rings. The molecule has 3 heterocycles. The maximum atomic E-state index is 12.2. The number of benzene rings is 1. The first-order chi connectivity index (χ1) is 15.7. The molecule has 4 aromatic rings. The van der Waals surface area contributed by atoms with Crippen LogP contribution in [0.15, 0.2) is 40.6 Å². The van der Waals surface area contributed by atoms with E-state index in [2.05, 4.69) is 31.4 Å². The molecule has 1 aromatic carbocycles. The number of aromatic nitrogens is 3. The van der Waals surface area contributed by atoms with Gasteiger partial charge >= 0.3 is 0 Å². The molecule has 3 aromatic heterocycles. The lowest BCUT2D eigenvalue weighted by molar-refractivity contribution is 0.600. The summed E-state index contributed by atoms with van der Waals surface area (Å²) in [6.07, 6.45) is 3.76. The monoisotopic (exact) mass is 482 g/mol. The zero-order chi connectivity index (χ0) is 23.8. The van der Waals surface area contributed by atoms with Gasteiger partial charge in [0, 0.05) is 22.6 Å². The van der Waals surface area contributed by atoms with Gasteiger partial charge < -0.3 is 4.57 Å². The molecule has 2 N–H and O–H groups in total. The minimum Gasteiger partial charge on any atom is -0.308 e. The lowest BCUT2D eigenvalue weighted by Gasteiger charge is -2.10. The van der Waals surface area contributed by atoms with Crippen LogP contribution >= 0.6 is 11.3 Å². The highest BCUT2D eigenvalue weighted by Crippen LogP contribution is 2.35. The summed E-state index contributed by atoms with van der Waals surface area (Å²) < 4.78 is 26.8. The number of pyridine rings is 1. The second-order valence-corrected chi connectivity index (χ2v) is 11.4. The fraction of sp³-hybridized carbons (Fsp3) is 0.360. The van der Waals surface area contributed by atoms with E-state index in [1.807, 2.05) is 37.3 Å². The van der Waals surface area contributed by atoms with Gasteiger partial charge in [0.1, 0.15) is 15.6 Å². The van der Waals surface area contributed by atoms with E-state index in [0.29, 0.717) is 12.1 Å². The zero-order valence-corrected chi connectivity index (χ0v) is 21.2. The van der Waals surface area contributed by atoms with Crippen molar-refractivity contribution >= 4 is 32.5 Å². The fourth-order valence-corrected chi connectivity index (χ4v) is 6.38. The maximum Gasteiger partial charge on any atom is 0.248 e. The molecule has 0 saturated heterocycles. The smallest absolute Gasteiger partial charge is 0.248 e. The standard InChI is InChI=1S/C25H30N4O2S2/c1-5-7-8-20-14-21(25(32-20)33(26,30)31)19-11-9-18(10-12-19)15-29-22(6-2)28-23-16(3)13-17(4)27-24(23)29/h9-14H,5-8,15H2,1-4H3,(H2,26,30,31). The number of rotatable bonds is 8.